The van der Waals surface area contributed by atoms with Gasteiger partial charge in [-0.3, -0.25) is 0 Å². The molecular formula is C6H4N2O3. The second kappa shape index (κ2) is 3.37. The van der Waals surface area contributed by atoms with Gasteiger partial charge in [0.2, 0.25) is 5.76 Å². The van der Waals surface area contributed by atoms with Crippen molar-refractivity contribution in [3.63, 3.8) is 0 Å². The number of hydrogen-bond acceptors (Lipinski definition) is 5. The molecule has 1 rings (SSSR count). The summed E-state index contributed by atoms with van der Waals surface area (Å²) < 4.78 is 8.86. The first-order valence-corrected chi connectivity index (χ1v) is 2.79. The molecule has 0 fully saturated rings. The summed E-state index contributed by atoms with van der Waals surface area (Å²) in [5.74, 6) is -0.677. The van der Waals surface area contributed by atoms with Crippen LogP contribution >= 0.6 is 0 Å². The molecule has 5 heteroatoms. The number of rotatable bonds is 2. The topological polar surface area (TPSA) is 76.1 Å². The van der Waals surface area contributed by atoms with Crippen molar-refractivity contribution in [1.29, 1.82) is 5.26 Å². The van der Waals surface area contributed by atoms with Crippen LogP contribution in [0.15, 0.2) is 16.8 Å². The molecule has 0 N–H and O–H groups in total. The number of carbonyl (C=O) groups excluding carboxylic acids is 1. The Morgan fingerprint density at radius 1 is 1.91 bits per heavy atom. The van der Waals surface area contributed by atoms with Crippen LogP contribution in [0.5, 0.6) is 0 Å². The predicted molar refractivity (Wildman–Crippen MR) is 32.4 cm³/mol. The van der Waals surface area contributed by atoms with Crippen LogP contribution in [0.4, 0.5) is 0 Å². The van der Waals surface area contributed by atoms with Gasteiger partial charge in [-0.1, -0.05) is 5.16 Å². The Bertz CT molecular complexity index is 273. The van der Waals surface area contributed by atoms with Crippen LogP contribution in [0.3, 0.4) is 0 Å². The maximum atomic E-state index is 10.8. The van der Waals surface area contributed by atoms with Crippen LogP contribution in [0.2, 0.25) is 0 Å². The quantitative estimate of drug-likeness (QED) is 0.571. The fourth-order valence-electron chi connectivity index (χ4n) is 0.490. The Balaban J connectivity index is 2.51. The molecule has 0 aliphatic rings. The monoisotopic (exact) mass is 152 g/mol. The Hall–Kier alpha value is -1.83. The molecule has 0 saturated carbocycles. The van der Waals surface area contributed by atoms with E-state index in [1.165, 1.54) is 12.3 Å². The zero-order valence-electron chi connectivity index (χ0n) is 5.48. The number of aromatic nitrogens is 1. The Kier molecular flexibility index (Phi) is 2.23. The Morgan fingerprint density at radius 2 is 2.73 bits per heavy atom. The Labute approximate surface area is 62.2 Å². The third-order valence-corrected chi connectivity index (χ3v) is 0.907. The smallest absolute Gasteiger partial charge is 0.378 e. The fraction of sp³-hybridized carbons (Fsp3) is 0.167. The standard InChI is InChI=1S/C6H4N2O3/c7-2-4-10-6(9)5-1-3-8-11-5/h1,3H,4H2. The van der Waals surface area contributed by atoms with E-state index in [-0.39, 0.29) is 12.4 Å². The zero-order chi connectivity index (χ0) is 8.10. The van der Waals surface area contributed by atoms with Gasteiger partial charge in [0, 0.05) is 6.07 Å². The highest BCUT2D eigenvalue weighted by atomic mass is 16.6. The molecule has 1 aromatic rings. The summed E-state index contributed by atoms with van der Waals surface area (Å²) in [5, 5.41) is 11.3. The van der Waals surface area contributed by atoms with E-state index >= 15 is 0 Å². The summed E-state index contributed by atoms with van der Waals surface area (Å²) in [5.41, 5.74) is 0. The van der Waals surface area contributed by atoms with Gasteiger partial charge in [0.05, 0.1) is 6.20 Å². The molecule has 0 spiro atoms. The molecule has 56 valence electrons. The van der Waals surface area contributed by atoms with Crippen molar-refractivity contribution in [3.05, 3.63) is 18.0 Å². The molecule has 1 aromatic heterocycles. The van der Waals surface area contributed by atoms with Crippen molar-refractivity contribution in [1.82, 2.24) is 5.16 Å². The third kappa shape index (κ3) is 1.79. The van der Waals surface area contributed by atoms with E-state index in [2.05, 4.69) is 14.4 Å². The van der Waals surface area contributed by atoms with Crippen molar-refractivity contribution in [2.75, 3.05) is 6.61 Å². The fourth-order valence-corrected chi connectivity index (χ4v) is 0.490. The minimum atomic E-state index is -0.677. The molecule has 5 nitrogen and oxygen atoms in total. The normalized spacial score (nSPS) is 8.64. The summed E-state index contributed by atoms with van der Waals surface area (Å²) >= 11 is 0. The summed E-state index contributed by atoms with van der Waals surface area (Å²) in [7, 11) is 0. The third-order valence-electron chi connectivity index (χ3n) is 0.907. The highest BCUT2D eigenvalue weighted by molar-refractivity contribution is 5.86. The minimum absolute atomic E-state index is 0.000231. The molecule has 0 bridgehead atoms. The van der Waals surface area contributed by atoms with Crippen LogP contribution in [-0.4, -0.2) is 17.7 Å². The first-order chi connectivity index (χ1) is 5.34. The number of ether oxygens (including phenoxy) is 1. The van der Waals surface area contributed by atoms with Crippen molar-refractivity contribution in [3.8, 4) is 6.07 Å². The highest BCUT2D eigenvalue weighted by Gasteiger charge is 2.09. The maximum absolute atomic E-state index is 10.8. The second-order valence-electron chi connectivity index (χ2n) is 1.61. The first kappa shape index (κ1) is 7.28. The van der Waals surface area contributed by atoms with E-state index in [0.717, 1.165) is 0 Å². The van der Waals surface area contributed by atoms with Gasteiger partial charge in [-0.15, -0.1) is 0 Å². The largest absolute Gasteiger partial charge is 0.444 e. The minimum Gasteiger partial charge on any atom is -0.444 e. The van der Waals surface area contributed by atoms with Gasteiger partial charge in [-0.05, 0) is 0 Å². The number of hydrogen-bond donors (Lipinski definition) is 0. The van der Waals surface area contributed by atoms with Crippen molar-refractivity contribution in [2.45, 2.75) is 0 Å². The predicted octanol–water partition coefficient (Wildman–Crippen LogP) is 0.355. The molecule has 0 atom stereocenters. The van der Waals surface area contributed by atoms with Crippen LogP contribution in [0.1, 0.15) is 10.6 Å². The first-order valence-electron chi connectivity index (χ1n) is 2.79. The van der Waals surface area contributed by atoms with E-state index in [9.17, 15) is 4.79 Å². The maximum Gasteiger partial charge on any atom is 0.378 e. The Morgan fingerprint density at radius 3 is 3.27 bits per heavy atom. The van der Waals surface area contributed by atoms with Crippen LogP contribution in [0, 0.1) is 11.3 Å². The molecule has 0 aliphatic carbocycles. The van der Waals surface area contributed by atoms with Gasteiger partial charge in [0.15, 0.2) is 6.61 Å². The number of nitriles is 1. The van der Waals surface area contributed by atoms with E-state index in [4.69, 9.17) is 5.26 Å². The van der Waals surface area contributed by atoms with E-state index in [1.54, 1.807) is 6.07 Å². The van der Waals surface area contributed by atoms with Gasteiger partial charge in [0.25, 0.3) is 0 Å². The molecule has 0 aliphatic heterocycles. The van der Waals surface area contributed by atoms with E-state index in [0.29, 0.717) is 0 Å². The van der Waals surface area contributed by atoms with Gasteiger partial charge in [-0.25, -0.2) is 4.79 Å². The average Bonchev–Trinajstić information content (AvgIpc) is 2.52. The summed E-state index contributed by atoms with van der Waals surface area (Å²) in [6, 6.07) is 3.02. The van der Waals surface area contributed by atoms with Gasteiger partial charge in [0.1, 0.15) is 6.07 Å². The van der Waals surface area contributed by atoms with Crippen LogP contribution in [-0.2, 0) is 4.74 Å². The summed E-state index contributed by atoms with van der Waals surface area (Å²) in [6.07, 6.45) is 1.32. The summed E-state index contributed by atoms with van der Waals surface area (Å²) in [6.45, 7) is -0.278. The molecule has 0 aromatic carbocycles. The van der Waals surface area contributed by atoms with E-state index in [1.807, 2.05) is 0 Å². The van der Waals surface area contributed by atoms with Crippen LogP contribution < -0.4 is 0 Å². The molecule has 0 unspecified atom stereocenters. The highest BCUT2D eigenvalue weighted by Crippen LogP contribution is 1.98. The van der Waals surface area contributed by atoms with Gasteiger partial charge < -0.3 is 9.26 Å². The van der Waals surface area contributed by atoms with Crippen molar-refractivity contribution >= 4 is 5.97 Å². The van der Waals surface area contributed by atoms with Crippen molar-refractivity contribution < 1.29 is 14.1 Å². The van der Waals surface area contributed by atoms with E-state index < -0.39 is 5.97 Å². The molecular weight excluding hydrogens is 148 g/mol. The molecule has 1 heterocycles. The van der Waals surface area contributed by atoms with Crippen molar-refractivity contribution in [2.24, 2.45) is 0 Å². The lowest BCUT2D eigenvalue weighted by Crippen LogP contribution is -2.03. The number of nitrogens with zero attached hydrogens (tertiary/aromatic N) is 2. The molecule has 0 amide bonds. The lowest BCUT2D eigenvalue weighted by molar-refractivity contribution is 0.0508. The van der Waals surface area contributed by atoms with Gasteiger partial charge >= 0.3 is 5.97 Å². The summed E-state index contributed by atoms with van der Waals surface area (Å²) in [4.78, 5) is 10.8. The SMILES string of the molecule is N#CCOC(=O)c1ccno1. The average molecular weight is 152 g/mol. The molecule has 0 saturated heterocycles. The lowest BCUT2D eigenvalue weighted by atomic mass is 10.5. The zero-order valence-corrected chi connectivity index (χ0v) is 5.48. The number of esters is 1. The molecule has 0 radical (unpaired) electrons. The van der Waals surface area contributed by atoms with Crippen LogP contribution in [0.25, 0.3) is 0 Å². The lowest BCUT2D eigenvalue weighted by Gasteiger charge is -1.92. The van der Waals surface area contributed by atoms with Gasteiger partial charge in [-0.2, -0.15) is 5.26 Å². The number of carbonyl (C=O) groups is 1. The second-order valence-corrected chi connectivity index (χ2v) is 1.61. The molecule has 11 heavy (non-hydrogen) atoms.